The molecule has 9 nitrogen and oxygen atoms in total. The number of primary sulfonamides is 1. The maximum absolute atomic E-state index is 11.2. The van der Waals surface area contributed by atoms with Crippen LogP contribution in [-0.2, 0) is 10.0 Å². The number of hydrogen-bond acceptors (Lipinski definition) is 6. The Morgan fingerprint density at radius 3 is 2.75 bits per heavy atom. The first-order valence-electron chi connectivity index (χ1n) is 4.17. The lowest BCUT2D eigenvalue weighted by Gasteiger charge is -2.12. The van der Waals surface area contributed by atoms with Gasteiger partial charge in [0.1, 0.15) is 12.4 Å². The van der Waals surface area contributed by atoms with E-state index in [0.717, 1.165) is 17.0 Å². The molecule has 1 heterocycles. The summed E-state index contributed by atoms with van der Waals surface area (Å²) in [5.74, 6) is -0.632. The minimum atomic E-state index is -4.05. The Morgan fingerprint density at radius 1 is 1.69 bits per heavy atom. The van der Waals surface area contributed by atoms with Crippen molar-refractivity contribution in [1.82, 2.24) is 9.55 Å². The van der Waals surface area contributed by atoms with Gasteiger partial charge in [-0.2, -0.15) is 0 Å². The minimum Gasteiger partial charge on any atom is -0.396 e. The van der Waals surface area contributed by atoms with Gasteiger partial charge in [0.25, 0.3) is 0 Å². The first kappa shape index (κ1) is 12.5. The summed E-state index contributed by atoms with van der Waals surface area (Å²) in [7, 11) is -4.05. The number of nitro groups is 1. The van der Waals surface area contributed by atoms with Gasteiger partial charge in [-0.25, -0.2) is 18.1 Å². The number of aliphatic hydroxyl groups excluding tert-OH is 1. The molecular weight excluding hydrogens is 240 g/mol. The predicted molar refractivity (Wildman–Crippen MR) is 52.7 cm³/mol. The number of nitrogens with two attached hydrogens (primary N) is 1. The maximum Gasteiger partial charge on any atom is 0.435 e. The monoisotopic (exact) mass is 250 g/mol. The molecule has 1 aromatic rings. The molecule has 0 fully saturated rings. The van der Waals surface area contributed by atoms with Gasteiger partial charge in [0.05, 0.1) is 0 Å². The zero-order chi connectivity index (χ0) is 12.3. The molecule has 0 saturated carbocycles. The van der Waals surface area contributed by atoms with Crippen molar-refractivity contribution in [2.24, 2.45) is 5.14 Å². The SMILES string of the molecule is NS(=O)(=O)C(CCO)n1ccnc1[N+](=O)[O-]. The van der Waals surface area contributed by atoms with Gasteiger partial charge in [-0.1, -0.05) is 4.98 Å². The van der Waals surface area contributed by atoms with Gasteiger partial charge in [0, 0.05) is 13.0 Å². The number of nitrogens with zero attached hydrogens (tertiary/aromatic N) is 3. The lowest BCUT2D eigenvalue weighted by molar-refractivity contribution is -0.396. The highest BCUT2D eigenvalue weighted by atomic mass is 32.2. The molecule has 1 aromatic heterocycles. The van der Waals surface area contributed by atoms with Gasteiger partial charge in [-0.15, -0.1) is 0 Å². The third-order valence-electron chi connectivity index (χ3n) is 1.88. The summed E-state index contributed by atoms with van der Waals surface area (Å²) in [6.45, 7) is -0.462. The second kappa shape index (κ2) is 4.55. The molecule has 1 rings (SSSR count). The third-order valence-corrected chi connectivity index (χ3v) is 3.10. The van der Waals surface area contributed by atoms with E-state index in [0.29, 0.717) is 0 Å². The van der Waals surface area contributed by atoms with Crippen molar-refractivity contribution in [2.75, 3.05) is 6.61 Å². The van der Waals surface area contributed by atoms with Crippen LogP contribution in [0.25, 0.3) is 0 Å². The van der Waals surface area contributed by atoms with E-state index in [4.69, 9.17) is 10.2 Å². The van der Waals surface area contributed by atoms with Crippen LogP contribution in [0.2, 0.25) is 0 Å². The van der Waals surface area contributed by atoms with Gasteiger partial charge < -0.3 is 15.2 Å². The molecule has 0 aliphatic heterocycles. The standard InChI is InChI=1S/C6H10N4O5S/c7-16(14,15)5(1-4-11)9-3-2-8-6(9)10(12)13/h2-3,5,11H,1,4H2,(H2,7,14,15). The van der Waals surface area contributed by atoms with Crippen molar-refractivity contribution >= 4 is 16.0 Å². The smallest absolute Gasteiger partial charge is 0.396 e. The van der Waals surface area contributed by atoms with Crippen LogP contribution in [0.1, 0.15) is 11.8 Å². The first-order chi connectivity index (χ1) is 7.38. The molecule has 1 atom stereocenters. The van der Waals surface area contributed by atoms with E-state index in [9.17, 15) is 18.5 Å². The summed E-state index contributed by atoms with van der Waals surface area (Å²) in [6.07, 6.45) is 1.98. The second-order valence-electron chi connectivity index (χ2n) is 2.95. The quantitative estimate of drug-likeness (QED) is 0.505. The number of aliphatic hydroxyl groups is 1. The summed E-state index contributed by atoms with van der Waals surface area (Å²) < 4.78 is 23.2. The Bertz CT molecular complexity index is 481. The van der Waals surface area contributed by atoms with Gasteiger partial charge in [-0.3, -0.25) is 0 Å². The van der Waals surface area contributed by atoms with Crippen LogP contribution in [0.15, 0.2) is 12.4 Å². The molecule has 1 unspecified atom stereocenters. The number of sulfonamides is 1. The zero-order valence-electron chi connectivity index (χ0n) is 8.05. The van der Waals surface area contributed by atoms with Crippen LogP contribution in [0.4, 0.5) is 5.95 Å². The maximum atomic E-state index is 11.2. The van der Waals surface area contributed by atoms with Crippen molar-refractivity contribution in [3.8, 4) is 0 Å². The Morgan fingerprint density at radius 2 is 2.31 bits per heavy atom. The second-order valence-corrected chi connectivity index (χ2v) is 4.67. The molecular formula is C6H10N4O5S. The summed E-state index contributed by atoms with van der Waals surface area (Å²) >= 11 is 0. The zero-order valence-corrected chi connectivity index (χ0v) is 8.87. The largest absolute Gasteiger partial charge is 0.435 e. The molecule has 0 spiro atoms. The molecule has 90 valence electrons. The molecule has 0 radical (unpaired) electrons. The molecule has 0 aromatic carbocycles. The third kappa shape index (κ3) is 2.53. The first-order valence-corrected chi connectivity index (χ1v) is 5.78. The number of aromatic nitrogens is 2. The highest BCUT2D eigenvalue weighted by Crippen LogP contribution is 2.21. The van der Waals surface area contributed by atoms with Gasteiger partial charge >= 0.3 is 5.95 Å². The summed E-state index contributed by atoms with van der Waals surface area (Å²) in [4.78, 5) is 13.1. The van der Waals surface area contributed by atoms with Crippen molar-refractivity contribution in [2.45, 2.75) is 11.8 Å². The van der Waals surface area contributed by atoms with Gasteiger partial charge in [0.15, 0.2) is 5.37 Å². The number of hydrogen-bond donors (Lipinski definition) is 2. The topological polar surface area (TPSA) is 141 Å². The van der Waals surface area contributed by atoms with E-state index in [1.165, 1.54) is 0 Å². The van der Waals surface area contributed by atoms with E-state index in [1.807, 2.05) is 0 Å². The van der Waals surface area contributed by atoms with Gasteiger partial charge in [-0.05, 0) is 4.92 Å². The predicted octanol–water partition coefficient (Wildman–Crippen LogP) is -1.04. The van der Waals surface area contributed by atoms with E-state index >= 15 is 0 Å². The van der Waals surface area contributed by atoms with Gasteiger partial charge in [0.2, 0.25) is 10.0 Å². The van der Waals surface area contributed by atoms with Crippen LogP contribution >= 0.6 is 0 Å². The lowest BCUT2D eigenvalue weighted by atomic mass is 10.4. The molecule has 10 heteroatoms. The fourth-order valence-corrected chi connectivity index (χ4v) is 2.16. The Kier molecular flexibility index (Phi) is 3.57. The van der Waals surface area contributed by atoms with Crippen LogP contribution in [0.3, 0.4) is 0 Å². The number of rotatable bonds is 5. The molecule has 0 saturated heterocycles. The average Bonchev–Trinajstić information content (AvgIpc) is 2.60. The molecule has 16 heavy (non-hydrogen) atoms. The highest BCUT2D eigenvalue weighted by molar-refractivity contribution is 7.89. The van der Waals surface area contributed by atoms with Crippen LogP contribution < -0.4 is 5.14 Å². The Hall–Kier alpha value is -1.52. The fourth-order valence-electron chi connectivity index (χ4n) is 1.24. The molecule has 0 amide bonds. The van der Waals surface area contributed by atoms with Crippen molar-refractivity contribution in [1.29, 1.82) is 0 Å². The van der Waals surface area contributed by atoms with E-state index in [-0.39, 0.29) is 6.42 Å². The van der Waals surface area contributed by atoms with E-state index < -0.39 is 32.9 Å². The molecule has 0 aliphatic rings. The molecule has 0 aliphatic carbocycles. The van der Waals surface area contributed by atoms with E-state index in [2.05, 4.69) is 4.98 Å². The van der Waals surface area contributed by atoms with Crippen LogP contribution in [-0.4, -0.2) is 34.6 Å². The minimum absolute atomic E-state index is 0.240. The van der Waals surface area contributed by atoms with Crippen molar-refractivity contribution in [3.05, 3.63) is 22.5 Å². The van der Waals surface area contributed by atoms with Crippen LogP contribution in [0.5, 0.6) is 0 Å². The normalized spacial score (nSPS) is 13.6. The number of imidazole rings is 1. The van der Waals surface area contributed by atoms with Crippen LogP contribution in [0, 0.1) is 10.1 Å². The van der Waals surface area contributed by atoms with Crippen molar-refractivity contribution < 1.29 is 18.4 Å². The summed E-state index contributed by atoms with van der Waals surface area (Å²) in [5, 5.41) is 22.8. The Balaban J connectivity index is 3.22. The highest BCUT2D eigenvalue weighted by Gasteiger charge is 2.31. The Labute approximate surface area is 90.7 Å². The van der Waals surface area contributed by atoms with Crippen molar-refractivity contribution in [3.63, 3.8) is 0 Å². The molecule has 0 bridgehead atoms. The summed E-state index contributed by atoms with van der Waals surface area (Å²) in [5.41, 5.74) is 0. The summed E-state index contributed by atoms with van der Waals surface area (Å²) in [6, 6.07) is 0. The fraction of sp³-hybridized carbons (Fsp3) is 0.500. The van der Waals surface area contributed by atoms with E-state index in [1.54, 1.807) is 0 Å². The molecule has 3 N–H and O–H groups in total. The lowest BCUT2D eigenvalue weighted by Crippen LogP contribution is -2.27. The average molecular weight is 250 g/mol.